The molecular formula is C30H29N5O4. The van der Waals surface area contributed by atoms with Crippen molar-refractivity contribution in [2.75, 3.05) is 25.5 Å². The average Bonchev–Trinajstić information content (AvgIpc) is 3.49. The molecule has 9 nitrogen and oxygen atoms in total. The minimum atomic E-state index is -0.391. The summed E-state index contributed by atoms with van der Waals surface area (Å²) in [4.78, 5) is 43.1. The first-order valence-electron chi connectivity index (χ1n) is 12.8. The summed E-state index contributed by atoms with van der Waals surface area (Å²) in [6.45, 7) is 1.38. The van der Waals surface area contributed by atoms with Crippen molar-refractivity contribution in [3.8, 4) is 5.69 Å². The van der Waals surface area contributed by atoms with Crippen LogP contribution in [-0.2, 0) is 16.0 Å². The maximum absolute atomic E-state index is 12.8. The number of methoxy groups -OCH3 is 1. The zero-order chi connectivity index (χ0) is 27.2. The zero-order valence-electron chi connectivity index (χ0n) is 21.6. The van der Waals surface area contributed by atoms with E-state index in [4.69, 9.17) is 4.74 Å². The second-order valence-electron chi connectivity index (χ2n) is 9.44. The highest BCUT2D eigenvalue weighted by Crippen LogP contribution is 2.29. The summed E-state index contributed by atoms with van der Waals surface area (Å²) in [5, 5.41) is 7.13. The third kappa shape index (κ3) is 6.20. The highest BCUT2D eigenvalue weighted by molar-refractivity contribution is 6.01. The van der Waals surface area contributed by atoms with Crippen molar-refractivity contribution in [1.82, 2.24) is 19.7 Å². The van der Waals surface area contributed by atoms with Gasteiger partial charge >= 0.3 is 5.97 Å². The van der Waals surface area contributed by atoms with Crippen molar-refractivity contribution in [2.24, 2.45) is 0 Å². The number of anilines is 1. The molecule has 4 aromatic rings. The monoisotopic (exact) mass is 523 g/mol. The molecule has 0 atom stereocenters. The fourth-order valence-electron chi connectivity index (χ4n) is 4.72. The second kappa shape index (κ2) is 11.7. The number of hydrogen-bond acceptors (Lipinski definition) is 6. The molecule has 1 saturated heterocycles. The molecule has 0 bridgehead atoms. The Kier molecular flexibility index (Phi) is 7.77. The lowest BCUT2D eigenvalue weighted by atomic mass is 9.89. The molecule has 0 aliphatic carbocycles. The largest absolute Gasteiger partial charge is 0.465 e. The van der Waals surface area contributed by atoms with E-state index in [9.17, 15) is 14.4 Å². The fraction of sp³-hybridized carbons (Fsp3) is 0.233. The van der Waals surface area contributed by atoms with E-state index in [-0.39, 0.29) is 17.6 Å². The van der Waals surface area contributed by atoms with Crippen LogP contribution in [0.1, 0.15) is 50.9 Å². The number of carbonyl (C=O) groups excluding carboxylic acids is 3. The third-order valence-electron chi connectivity index (χ3n) is 6.93. The van der Waals surface area contributed by atoms with Crippen molar-refractivity contribution in [2.45, 2.75) is 25.2 Å². The first-order valence-corrected chi connectivity index (χ1v) is 12.8. The molecule has 1 N–H and O–H groups in total. The quantitative estimate of drug-likeness (QED) is 0.363. The number of likely N-dealkylation sites (tertiary alicyclic amines) is 1. The van der Waals surface area contributed by atoms with Crippen molar-refractivity contribution in [1.29, 1.82) is 0 Å². The summed E-state index contributed by atoms with van der Waals surface area (Å²) in [5.74, 6) is -0.233. The molecule has 9 heteroatoms. The van der Waals surface area contributed by atoms with Gasteiger partial charge in [-0.05, 0) is 66.3 Å². The molecule has 1 aliphatic rings. The number of para-hydroxylation sites is 1. The maximum Gasteiger partial charge on any atom is 0.337 e. The molecule has 2 heterocycles. The van der Waals surface area contributed by atoms with E-state index in [1.807, 2.05) is 59.5 Å². The van der Waals surface area contributed by atoms with Gasteiger partial charge in [0.05, 0.1) is 24.8 Å². The minimum absolute atomic E-state index is 0.0839. The minimum Gasteiger partial charge on any atom is -0.465 e. The van der Waals surface area contributed by atoms with Gasteiger partial charge in [0.15, 0.2) is 0 Å². The van der Waals surface area contributed by atoms with Gasteiger partial charge in [-0.15, -0.1) is 5.10 Å². The number of nitrogens with one attached hydrogen (secondary N) is 1. The van der Waals surface area contributed by atoms with Crippen LogP contribution in [0.15, 0.2) is 85.2 Å². The van der Waals surface area contributed by atoms with Gasteiger partial charge in [0, 0.05) is 18.8 Å². The molecular weight excluding hydrogens is 494 g/mol. The van der Waals surface area contributed by atoms with E-state index in [0.29, 0.717) is 36.7 Å². The number of aromatic nitrogens is 3. The van der Waals surface area contributed by atoms with Gasteiger partial charge in [0.1, 0.15) is 6.33 Å². The molecule has 0 radical (unpaired) electrons. The van der Waals surface area contributed by atoms with Gasteiger partial charge < -0.3 is 15.0 Å². The number of piperidine rings is 1. The summed E-state index contributed by atoms with van der Waals surface area (Å²) in [6, 6.07) is 24.3. The Morgan fingerprint density at radius 1 is 0.923 bits per heavy atom. The van der Waals surface area contributed by atoms with Crippen molar-refractivity contribution in [3.05, 3.63) is 108 Å². The number of nitrogens with zero attached hydrogens (tertiary/aromatic N) is 4. The first-order chi connectivity index (χ1) is 19.0. The molecule has 0 saturated carbocycles. The highest BCUT2D eigenvalue weighted by atomic mass is 16.5. The van der Waals surface area contributed by atoms with Gasteiger partial charge in [-0.2, -0.15) is 0 Å². The van der Waals surface area contributed by atoms with Crippen LogP contribution in [0.5, 0.6) is 0 Å². The Labute approximate surface area is 226 Å². The molecule has 3 aromatic carbocycles. The van der Waals surface area contributed by atoms with Crippen LogP contribution < -0.4 is 5.32 Å². The lowest BCUT2D eigenvalue weighted by Gasteiger charge is -2.32. The highest BCUT2D eigenvalue weighted by Gasteiger charge is 2.24. The Morgan fingerprint density at radius 3 is 2.28 bits per heavy atom. The molecule has 39 heavy (non-hydrogen) atoms. The molecule has 1 aliphatic heterocycles. The van der Waals surface area contributed by atoms with Gasteiger partial charge in [-0.1, -0.05) is 42.5 Å². The van der Waals surface area contributed by atoms with Gasteiger partial charge in [-0.25, -0.2) is 14.5 Å². The molecule has 1 fully saturated rings. The number of hydrogen-bond donors (Lipinski definition) is 1. The predicted molar refractivity (Wildman–Crippen MR) is 146 cm³/mol. The summed E-state index contributed by atoms with van der Waals surface area (Å²) in [7, 11) is 1.34. The van der Waals surface area contributed by atoms with E-state index in [0.717, 1.165) is 24.1 Å². The van der Waals surface area contributed by atoms with Gasteiger partial charge in [-0.3, -0.25) is 9.59 Å². The van der Waals surface area contributed by atoms with Gasteiger partial charge in [0.2, 0.25) is 11.7 Å². The SMILES string of the molecule is COC(=O)c1ccc(CC(=O)N2CCC(c3ccc(NC(=O)c4ncn(-c5ccccc5)n4)cc3)CC2)cc1. The topological polar surface area (TPSA) is 106 Å². The fourth-order valence-corrected chi connectivity index (χ4v) is 4.72. The molecule has 1 aromatic heterocycles. The standard InChI is InChI=1S/C30H29N5O4/c1-39-30(38)24-9-7-21(8-10-24)19-27(36)34-17-15-23(16-18-34)22-11-13-25(14-12-22)32-29(37)28-31-20-35(33-28)26-5-3-2-4-6-26/h2-14,20,23H,15-19H2,1H3,(H,32,37). The maximum atomic E-state index is 12.8. The van der Waals surface area contributed by atoms with Crippen LogP contribution >= 0.6 is 0 Å². The number of esters is 1. The number of carbonyl (C=O) groups is 3. The molecule has 0 unspecified atom stereocenters. The van der Waals surface area contributed by atoms with Crippen LogP contribution in [0.4, 0.5) is 5.69 Å². The Balaban J connectivity index is 1.11. The number of rotatable bonds is 7. The van der Waals surface area contributed by atoms with E-state index >= 15 is 0 Å². The normalized spacial score (nSPS) is 13.6. The summed E-state index contributed by atoms with van der Waals surface area (Å²) in [6.07, 6.45) is 3.57. The summed E-state index contributed by atoms with van der Waals surface area (Å²) >= 11 is 0. The van der Waals surface area contributed by atoms with Crippen molar-refractivity contribution >= 4 is 23.5 Å². The van der Waals surface area contributed by atoms with Crippen LogP contribution in [0, 0.1) is 0 Å². The van der Waals surface area contributed by atoms with Crippen molar-refractivity contribution in [3.63, 3.8) is 0 Å². The second-order valence-corrected chi connectivity index (χ2v) is 9.44. The third-order valence-corrected chi connectivity index (χ3v) is 6.93. The summed E-state index contributed by atoms with van der Waals surface area (Å²) in [5.41, 5.74) is 4.02. The van der Waals surface area contributed by atoms with Crippen LogP contribution in [-0.4, -0.2) is 57.6 Å². The Morgan fingerprint density at radius 2 is 1.62 bits per heavy atom. The lowest BCUT2D eigenvalue weighted by Crippen LogP contribution is -2.38. The lowest BCUT2D eigenvalue weighted by molar-refractivity contribution is -0.131. The molecule has 2 amide bonds. The van der Waals surface area contributed by atoms with Gasteiger partial charge in [0.25, 0.3) is 5.91 Å². The van der Waals surface area contributed by atoms with E-state index < -0.39 is 5.97 Å². The number of benzene rings is 3. The molecule has 0 spiro atoms. The van der Waals surface area contributed by atoms with Crippen molar-refractivity contribution < 1.29 is 19.1 Å². The van der Waals surface area contributed by atoms with E-state index in [2.05, 4.69) is 15.4 Å². The smallest absolute Gasteiger partial charge is 0.337 e. The first kappa shape index (κ1) is 25.8. The molecule has 5 rings (SSSR count). The van der Waals surface area contributed by atoms with E-state index in [1.54, 1.807) is 28.9 Å². The predicted octanol–water partition coefficient (Wildman–Crippen LogP) is 4.25. The van der Waals surface area contributed by atoms with Crippen LogP contribution in [0.3, 0.4) is 0 Å². The van der Waals surface area contributed by atoms with Crippen LogP contribution in [0.25, 0.3) is 5.69 Å². The van der Waals surface area contributed by atoms with E-state index in [1.165, 1.54) is 19.0 Å². The molecule has 198 valence electrons. The Hall–Kier alpha value is -4.79. The number of amides is 2. The Bertz CT molecular complexity index is 1440. The summed E-state index contributed by atoms with van der Waals surface area (Å²) < 4.78 is 6.28. The van der Waals surface area contributed by atoms with Crippen LogP contribution in [0.2, 0.25) is 0 Å². The zero-order valence-corrected chi connectivity index (χ0v) is 21.6. The average molecular weight is 524 g/mol. The number of ether oxygens (including phenoxy) is 1.